The van der Waals surface area contributed by atoms with E-state index in [1.165, 1.54) is 0 Å². The lowest BCUT2D eigenvalue weighted by molar-refractivity contribution is 0.432. The molecule has 0 amide bonds. The number of hydrogen-bond donors (Lipinski definition) is 0. The molecular weight excluding hydrogens is 340 g/mol. The van der Waals surface area contributed by atoms with Crippen molar-refractivity contribution in [2.75, 3.05) is 0 Å². The predicted molar refractivity (Wildman–Crippen MR) is 89.8 cm³/mol. The van der Waals surface area contributed by atoms with Gasteiger partial charge in [0.05, 0.1) is 23.5 Å². The van der Waals surface area contributed by atoms with E-state index >= 15 is 0 Å². The quantitative estimate of drug-likeness (QED) is 0.562. The Kier molecular flexibility index (Phi) is 3.72. The number of nitrogens with zero attached hydrogens (tertiary/aromatic N) is 6. The summed E-state index contributed by atoms with van der Waals surface area (Å²) in [5.74, 6) is 0.671. The molecule has 4 rings (SSSR count). The van der Waals surface area contributed by atoms with Gasteiger partial charge in [0.1, 0.15) is 0 Å². The minimum absolute atomic E-state index is 0.327. The third-order valence-electron chi connectivity index (χ3n) is 3.48. The molecule has 4 aromatic rings. The molecule has 120 valence electrons. The predicted octanol–water partition coefficient (Wildman–Crippen LogP) is 3.51. The maximum atomic E-state index is 8.84. The summed E-state index contributed by atoms with van der Waals surface area (Å²) in [6.45, 7) is 0. The number of nitriles is 1. The molecule has 2 heterocycles. The van der Waals surface area contributed by atoms with Gasteiger partial charge in [0.25, 0.3) is 5.89 Å². The lowest BCUT2D eigenvalue weighted by Crippen LogP contribution is -1.93. The van der Waals surface area contributed by atoms with Crippen molar-refractivity contribution in [3.05, 3.63) is 65.3 Å². The summed E-state index contributed by atoms with van der Waals surface area (Å²) >= 11 is 5.99. The molecule has 0 unspecified atom stereocenters. The molecule has 0 aliphatic carbocycles. The monoisotopic (exact) mass is 348 g/mol. The largest absolute Gasteiger partial charge is 0.334 e. The van der Waals surface area contributed by atoms with E-state index in [0.29, 0.717) is 28.0 Å². The fourth-order valence-corrected chi connectivity index (χ4v) is 2.43. The van der Waals surface area contributed by atoms with E-state index < -0.39 is 0 Å². The molecule has 8 heteroatoms. The molecule has 0 saturated heterocycles. The summed E-state index contributed by atoms with van der Waals surface area (Å²) in [6.07, 6.45) is 1.69. The molecule has 0 fully saturated rings. The van der Waals surface area contributed by atoms with Gasteiger partial charge in [-0.2, -0.15) is 10.2 Å². The lowest BCUT2D eigenvalue weighted by atomic mass is 10.1. The van der Waals surface area contributed by atoms with Crippen LogP contribution in [-0.4, -0.2) is 25.1 Å². The molecule has 25 heavy (non-hydrogen) atoms. The number of rotatable bonds is 3. The highest BCUT2D eigenvalue weighted by atomic mass is 35.5. The minimum Gasteiger partial charge on any atom is -0.334 e. The summed E-state index contributed by atoms with van der Waals surface area (Å²) in [6, 6.07) is 16.2. The van der Waals surface area contributed by atoms with Gasteiger partial charge in [0.15, 0.2) is 5.69 Å². The zero-order valence-corrected chi connectivity index (χ0v) is 13.4. The number of hydrogen-bond acceptors (Lipinski definition) is 6. The Balaban J connectivity index is 1.63. The smallest absolute Gasteiger partial charge is 0.258 e. The Bertz CT molecular complexity index is 1080. The molecule has 2 aromatic heterocycles. The van der Waals surface area contributed by atoms with Gasteiger partial charge < -0.3 is 4.52 Å². The number of benzene rings is 2. The van der Waals surface area contributed by atoms with Crippen molar-refractivity contribution in [1.82, 2.24) is 25.1 Å². The molecule has 0 aliphatic rings. The van der Waals surface area contributed by atoms with Gasteiger partial charge in [-0.25, -0.2) is 4.68 Å². The summed E-state index contributed by atoms with van der Waals surface area (Å²) in [5, 5.41) is 21.5. The van der Waals surface area contributed by atoms with Crippen LogP contribution >= 0.6 is 11.6 Å². The maximum Gasteiger partial charge on any atom is 0.258 e. The van der Waals surface area contributed by atoms with Crippen LogP contribution in [0.4, 0.5) is 0 Å². The van der Waals surface area contributed by atoms with E-state index in [9.17, 15) is 0 Å². The average molecular weight is 349 g/mol. The normalized spacial score (nSPS) is 10.6. The minimum atomic E-state index is 0.327. The fourth-order valence-electron chi connectivity index (χ4n) is 2.24. The zero-order chi connectivity index (χ0) is 17.2. The van der Waals surface area contributed by atoms with Gasteiger partial charge in [-0.05, 0) is 42.5 Å². The molecule has 0 bridgehead atoms. The number of aromatic nitrogens is 5. The van der Waals surface area contributed by atoms with E-state index in [2.05, 4.69) is 26.5 Å². The second-order valence-electron chi connectivity index (χ2n) is 5.14. The average Bonchev–Trinajstić information content (AvgIpc) is 3.31. The second kappa shape index (κ2) is 6.19. The van der Waals surface area contributed by atoms with Gasteiger partial charge in [0, 0.05) is 10.6 Å². The topological polar surface area (TPSA) is 93.4 Å². The van der Waals surface area contributed by atoms with Gasteiger partial charge in [-0.1, -0.05) is 28.0 Å². The van der Waals surface area contributed by atoms with Crippen LogP contribution in [0.3, 0.4) is 0 Å². The van der Waals surface area contributed by atoms with Crippen LogP contribution in [0.2, 0.25) is 5.02 Å². The first-order chi connectivity index (χ1) is 12.2. The standard InChI is InChI=1S/C17H9ClN6O/c18-13-2-1-3-14(8-13)24-10-15(21-23-24)16-20-17(25-22-16)12-6-4-11(9-19)5-7-12/h1-8,10H. The van der Waals surface area contributed by atoms with Gasteiger partial charge in [0.2, 0.25) is 5.82 Å². The lowest BCUT2D eigenvalue weighted by Gasteiger charge is -1.98. The van der Waals surface area contributed by atoms with Crippen molar-refractivity contribution < 1.29 is 4.52 Å². The zero-order valence-electron chi connectivity index (χ0n) is 12.7. The van der Waals surface area contributed by atoms with E-state index in [-0.39, 0.29) is 0 Å². The fraction of sp³-hybridized carbons (Fsp3) is 0. The molecular formula is C17H9ClN6O. The SMILES string of the molecule is N#Cc1ccc(-c2nc(-c3cn(-c4cccc(Cl)c4)nn3)no2)cc1. The Morgan fingerprint density at radius 3 is 2.72 bits per heavy atom. The Hall–Kier alpha value is -3.50. The van der Waals surface area contributed by atoms with Crippen molar-refractivity contribution in [2.45, 2.75) is 0 Å². The van der Waals surface area contributed by atoms with Gasteiger partial charge in [-0.15, -0.1) is 5.10 Å². The summed E-state index contributed by atoms with van der Waals surface area (Å²) in [7, 11) is 0. The van der Waals surface area contributed by atoms with Crippen LogP contribution in [0, 0.1) is 11.3 Å². The Morgan fingerprint density at radius 2 is 1.96 bits per heavy atom. The highest BCUT2D eigenvalue weighted by Crippen LogP contribution is 2.22. The van der Waals surface area contributed by atoms with Crippen molar-refractivity contribution in [3.8, 4) is 34.7 Å². The van der Waals surface area contributed by atoms with E-state index in [0.717, 1.165) is 11.3 Å². The molecule has 0 atom stereocenters. The summed E-state index contributed by atoms with van der Waals surface area (Å²) < 4.78 is 6.85. The van der Waals surface area contributed by atoms with Crippen LogP contribution in [0.1, 0.15) is 5.56 Å². The van der Waals surface area contributed by atoms with Crippen molar-refractivity contribution in [1.29, 1.82) is 5.26 Å². The molecule has 2 aromatic carbocycles. The van der Waals surface area contributed by atoms with Crippen molar-refractivity contribution in [2.24, 2.45) is 0 Å². The van der Waals surface area contributed by atoms with E-state index in [1.54, 1.807) is 47.3 Å². The molecule has 0 aliphatic heterocycles. The van der Waals surface area contributed by atoms with Gasteiger partial charge in [-0.3, -0.25) is 0 Å². The molecule has 7 nitrogen and oxygen atoms in total. The van der Waals surface area contributed by atoms with Crippen LogP contribution in [0.15, 0.2) is 59.3 Å². The first-order valence-electron chi connectivity index (χ1n) is 7.26. The van der Waals surface area contributed by atoms with Crippen LogP contribution < -0.4 is 0 Å². The maximum absolute atomic E-state index is 8.84. The molecule has 0 N–H and O–H groups in total. The highest BCUT2D eigenvalue weighted by molar-refractivity contribution is 6.30. The van der Waals surface area contributed by atoms with Crippen LogP contribution in [-0.2, 0) is 0 Å². The third kappa shape index (κ3) is 2.98. The van der Waals surface area contributed by atoms with Gasteiger partial charge >= 0.3 is 0 Å². The van der Waals surface area contributed by atoms with Crippen molar-refractivity contribution in [3.63, 3.8) is 0 Å². The Labute approximate surface area is 147 Å². The first-order valence-corrected chi connectivity index (χ1v) is 7.63. The summed E-state index contributed by atoms with van der Waals surface area (Å²) in [4.78, 5) is 4.33. The number of halogens is 1. The van der Waals surface area contributed by atoms with Crippen molar-refractivity contribution >= 4 is 11.6 Å². The second-order valence-corrected chi connectivity index (χ2v) is 5.58. The third-order valence-corrected chi connectivity index (χ3v) is 3.72. The summed E-state index contributed by atoms with van der Waals surface area (Å²) in [5.41, 5.74) is 2.54. The Morgan fingerprint density at radius 1 is 1.12 bits per heavy atom. The van der Waals surface area contributed by atoms with Crippen LogP contribution in [0.5, 0.6) is 0 Å². The highest BCUT2D eigenvalue weighted by Gasteiger charge is 2.14. The van der Waals surface area contributed by atoms with E-state index in [4.69, 9.17) is 21.4 Å². The molecule has 0 saturated carbocycles. The molecule has 0 radical (unpaired) electrons. The van der Waals surface area contributed by atoms with E-state index in [1.807, 2.05) is 12.1 Å². The first kappa shape index (κ1) is 15.1. The van der Waals surface area contributed by atoms with Crippen LogP contribution in [0.25, 0.3) is 28.7 Å². The molecule has 0 spiro atoms.